The highest BCUT2D eigenvalue weighted by Gasteiger charge is 2.39. The molecule has 0 spiro atoms. The Hall–Kier alpha value is -5.06. The third-order valence-electron chi connectivity index (χ3n) is 11.9. The van der Waals surface area contributed by atoms with Crippen molar-refractivity contribution >= 4 is 11.8 Å². The lowest BCUT2D eigenvalue weighted by Crippen LogP contribution is -2.44. The Morgan fingerprint density at radius 1 is 0.611 bits per heavy atom. The second-order valence-corrected chi connectivity index (χ2v) is 15.3. The summed E-state index contributed by atoms with van der Waals surface area (Å²) in [5, 5.41) is 0. The largest absolute Gasteiger partial charge is 0.368 e. The number of aromatic amines is 2. The van der Waals surface area contributed by atoms with Crippen molar-refractivity contribution in [1.82, 2.24) is 34.6 Å². The number of amides is 2. The van der Waals surface area contributed by atoms with Gasteiger partial charge in [0, 0.05) is 19.7 Å². The van der Waals surface area contributed by atoms with Crippen LogP contribution in [0.4, 0.5) is 0 Å². The molecule has 0 radical (unpaired) electrons. The van der Waals surface area contributed by atoms with E-state index in [0.717, 1.165) is 128 Å². The lowest BCUT2D eigenvalue weighted by molar-refractivity contribution is -0.142. The quantitative estimate of drug-likeness (QED) is 0.160. The van der Waals surface area contributed by atoms with Crippen molar-refractivity contribution in [2.75, 3.05) is 32.8 Å². The van der Waals surface area contributed by atoms with Crippen molar-refractivity contribution < 1.29 is 14.3 Å². The zero-order chi connectivity index (χ0) is 36.4. The predicted octanol–water partition coefficient (Wildman–Crippen LogP) is 7.87. The van der Waals surface area contributed by atoms with Crippen LogP contribution < -0.4 is 0 Å². The number of H-pyrrole nitrogens is 2. The number of hydrogen-bond acceptors (Lipinski definition) is 6. The maximum absolute atomic E-state index is 14.3. The van der Waals surface area contributed by atoms with Crippen LogP contribution in [0.3, 0.4) is 0 Å². The average molecular weight is 724 g/mol. The molecule has 278 valence electrons. The fourth-order valence-corrected chi connectivity index (χ4v) is 9.06. The summed E-state index contributed by atoms with van der Waals surface area (Å²) in [5.41, 5.74) is 7.35. The highest BCUT2D eigenvalue weighted by atomic mass is 16.5. The summed E-state index contributed by atoms with van der Waals surface area (Å²) in [4.78, 5) is 50.5. The van der Waals surface area contributed by atoms with Crippen LogP contribution in [0.1, 0.15) is 93.1 Å². The van der Waals surface area contributed by atoms with Gasteiger partial charge >= 0.3 is 0 Å². The van der Waals surface area contributed by atoms with E-state index >= 15 is 0 Å². The smallest absolute Gasteiger partial charge is 0.252 e. The summed E-state index contributed by atoms with van der Waals surface area (Å²) >= 11 is 0. The van der Waals surface area contributed by atoms with E-state index in [2.05, 4.69) is 80.4 Å². The number of piperidine rings is 1. The van der Waals surface area contributed by atoms with Gasteiger partial charge in [-0.1, -0.05) is 85.3 Å². The fourth-order valence-electron chi connectivity index (χ4n) is 9.06. The first-order valence-corrected chi connectivity index (χ1v) is 19.9. The highest BCUT2D eigenvalue weighted by molar-refractivity contribution is 5.84. The van der Waals surface area contributed by atoms with Crippen molar-refractivity contribution in [1.29, 1.82) is 0 Å². The molecule has 4 aliphatic rings. The first kappa shape index (κ1) is 34.7. The normalized spacial score (nSPS) is 22.6. The number of likely N-dealkylation sites (tertiary alicyclic amines) is 3. The second kappa shape index (κ2) is 15.4. The maximum Gasteiger partial charge on any atom is 0.252 e. The number of aromatic nitrogens is 4. The molecule has 4 fully saturated rings. The first-order chi connectivity index (χ1) is 26.6. The van der Waals surface area contributed by atoms with E-state index in [0.29, 0.717) is 6.61 Å². The van der Waals surface area contributed by atoms with Crippen LogP contribution in [0, 0.1) is 0 Å². The lowest BCUT2D eigenvalue weighted by atomic mass is 10.00. The van der Waals surface area contributed by atoms with E-state index in [4.69, 9.17) is 14.7 Å². The number of rotatable bonds is 9. The minimum atomic E-state index is -0.304. The lowest BCUT2D eigenvalue weighted by Gasteiger charge is -2.37. The van der Waals surface area contributed by atoms with E-state index in [1.807, 2.05) is 35.5 Å². The molecule has 2 N–H and O–H groups in total. The first-order valence-electron chi connectivity index (χ1n) is 19.9. The number of imidazole rings is 2. The molecule has 0 unspecified atom stereocenters. The molecule has 6 heterocycles. The fraction of sp³-hybridized carbons (Fsp3) is 0.409. The molecule has 10 nitrogen and oxygen atoms in total. The van der Waals surface area contributed by atoms with Crippen LogP contribution in [-0.2, 0) is 14.3 Å². The Kier molecular flexibility index (Phi) is 9.86. The number of carbonyl (C=O) groups excluding carboxylic acids is 2. The van der Waals surface area contributed by atoms with Crippen LogP contribution in [0.2, 0.25) is 0 Å². The molecule has 3 aromatic carbocycles. The molecule has 0 bridgehead atoms. The number of ether oxygens (including phenoxy) is 1. The molecular weight excluding hydrogens is 675 g/mol. The molecule has 4 atom stereocenters. The van der Waals surface area contributed by atoms with Gasteiger partial charge in [-0.15, -0.1) is 0 Å². The number of nitrogens with zero attached hydrogens (tertiary/aromatic N) is 5. The van der Waals surface area contributed by atoms with Crippen LogP contribution >= 0.6 is 0 Å². The summed E-state index contributed by atoms with van der Waals surface area (Å²) in [6, 6.07) is 27.0. The molecule has 54 heavy (non-hydrogen) atoms. The number of hydrogen-bond donors (Lipinski definition) is 2. The standard InChI is InChI=1S/C44H49N7O3/c52-43(39-14-9-27-54-39)50-25-7-12-37(50)41-45-28-35(47-41)32-19-15-30(16-20-32)31-17-21-33(22-18-31)36-29-46-42(48-36)38-13-8-26-51(38)44(53)40(34-10-3-1-4-11-34)49-23-5-2-6-24-49/h1,3-4,10-11,15-22,28-29,37-40H,2,5-9,12-14,23-27H2,(H,45,47)(H,46,48)/t37-,38-,39+,40+/m0/s1. The van der Waals surface area contributed by atoms with Crippen molar-refractivity contribution in [3.8, 4) is 33.6 Å². The summed E-state index contributed by atoms with van der Waals surface area (Å²) in [6.07, 6.45) is 12.5. The number of nitrogens with one attached hydrogen (secondary N) is 2. The Balaban J connectivity index is 0.865. The summed E-state index contributed by atoms with van der Waals surface area (Å²) in [6.45, 7) is 4.09. The van der Waals surface area contributed by atoms with Gasteiger partial charge in [-0.3, -0.25) is 14.5 Å². The van der Waals surface area contributed by atoms with Gasteiger partial charge in [0.05, 0.1) is 35.9 Å². The SMILES string of the molecule is O=C([C@H]1CCCO1)N1CCC[C@H]1c1ncc(-c2ccc(-c3ccc(-c4cnc([C@@H]5CCCN5C(=O)[C@@H](c5ccccc5)N5CCCCC5)[nH]4)cc3)cc2)[nH]1. The van der Waals surface area contributed by atoms with E-state index in [-0.39, 0.29) is 36.0 Å². The molecule has 10 heteroatoms. The van der Waals surface area contributed by atoms with Crippen molar-refractivity contribution in [3.63, 3.8) is 0 Å². The second-order valence-electron chi connectivity index (χ2n) is 15.3. The molecule has 4 saturated heterocycles. The third-order valence-corrected chi connectivity index (χ3v) is 11.9. The van der Waals surface area contributed by atoms with Gasteiger partial charge in [0.1, 0.15) is 23.8 Å². The molecule has 2 aromatic heterocycles. The molecule has 9 rings (SSSR count). The number of benzene rings is 3. The zero-order valence-corrected chi connectivity index (χ0v) is 30.8. The van der Waals surface area contributed by atoms with Gasteiger partial charge in [-0.2, -0.15) is 0 Å². The van der Waals surface area contributed by atoms with Crippen LogP contribution in [0.15, 0.2) is 91.3 Å². The molecule has 2 amide bonds. The van der Waals surface area contributed by atoms with Crippen LogP contribution in [0.5, 0.6) is 0 Å². The van der Waals surface area contributed by atoms with Crippen molar-refractivity contribution in [3.05, 3.63) is 108 Å². The minimum Gasteiger partial charge on any atom is -0.368 e. The highest BCUT2D eigenvalue weighted by Crippen LogP contribution is 2.37. The molecule has 0 saturated carbocycles. The Labute approximate surface area is 317 Å². The zero-order valence-electron chi connectivity index (χ0n) is 30.8. The molecule has 0 aliphatic carbocycles. The summed E-state index contributed by atoms with van der Waals surface area (Å²) < 4.78 is 5.69. The monoisotopic (exact) mass is 723 g/mol. The summed E-state index contributed by atoms with van der Waals surface area (Å²) in [5.74, 6) is 1.99. The van der Waals surface area contributed by atoms with Gasteiger partial charge in [0.25, 0.3) is 5.91 Å². The summed E-state index contributed by atoms with van der Waals surface area (Å²) in [7, 11) is 0. The third kappa shape index (κ3) is 6.89. The van der Waals surface area contributed by atoms with E-state index < -0.39 is 0 Å². The number of carbonyl (C=O) groups is 2. The maximum atomic E-state index is 14.3. The van der Waals surface area contributed by atoms with Gasteiger partial charge < -0.3 is 24.5 Å². The van der Waals surface area contributed by atoms with E-state index in [1.165, 1.54) is 6.42 Å². The molecule has 5 aromatic rings. The van der Waals surface area contributed by atoms with Crippen LogP contribution in [-0.4, -0.2) is 85.3 Å². The van der Waals surface area contributed by atoms with Crippen molar-refractivity contribution in [2.24, 2.45) is 0 Å². The van der Waals surface area contributed by atoms with Crippen molar-refractivity contribution in [2.45, 2.75) is 82.0 Å². The topological polar surface area (TPSA) is 110 Å². The Bertz CT molecular complexity index is 2050. The molecule has 4 aliphatic heterocycles. The predicted molar refractivity (Wildman–Crippen MR) is 208 cm³/mol. The van der Waals surface area contributed by atoms with Gasteiger partial charge in [-0.05, 0) is 92.3 Å². The van der Waals surface area contributed by atoms with E-state index in [1.54, 1.807) is 0 Å². The van der Waals surface area contributed by atoms with Crippen LogP contribution in [0.25, 0.3) is 33.6 Å². The van der Waals surface area contributed by atoms with E-state index in [9.17, 15) is 9.59 Å². The van der Waals surface area contributed by atoms with Gasteiger partial charge in [0.15, 0.2) is 0 Å². The van der Waals surface area contributed by atoms with Gasteiger partial charge in [0.2, 0.25) is 5.91 Å². The average Bonchev–Trinajstić information content (AvgIpc) is 4.08. The Morgan fingerprint density at radius 2 is 1.17 bits per heavy atom. The molecular formula is C44H49N7O3. The Morgan fingerprint density at radius 3 is 1.74 bits per heavy atom. The van der Waals surface area contributed by atoms with Gasteiger partial charge in [-0.25, -0.2) is 9.97 Å². The minimum absolute atomic E-state index is 0.0322.